The van der Waals surface area contributed by atoms with Crippen molar-refractivity contribution in [3.63, 3.8) is 0 Å². The van der Waals surface area contributed by atoms with Crippen molar-refractivity contribution in [1.82, 2.24) is 10.2 Å². The molecule has 30 heavy (non-hydrogen) atoms. The van der Waals surface area contributed by atoms with E-state index in [0.717, 1.165) is 17.7 Å². The van der Waals surface area contributed by atoms with Gasteiger partial charge in [-0.1, -0.05) is 29.3 Å². The normalized spacial score (nSPS) is 17.3. The van der Waals surface area contributed by atoms with Crippen molar-refractivity contribution >= 4 is 57.9 Å². The number of carbonyl (C=O) groups excluding carboxylic acids is 3. The van der Waals surface area contributed by atoms with Gasteiger partial charge in [0.25, 0.3) is 0 Å². The van der Waals surface area contributed by atoms with E-state index >= 15 is 0 Å². The van der Waals surface area contributed by atoms with Gasteiger partial charge in [-0.2, -0.15) is 0 Å². The molecule has 0 bridgehead atoms. The van der Waals surface area contributed by atoms with Crippen molar-refractivity contribution in [1.29, 1.82) is 0 Å². The zero-order chi connectivity index (χ0) is 21.7. The van der Waals surface area contributed by atoms with E-state index in [4.69, 9.17) is 23.2 Å². The Morgan fingerprint density at radius 1 is 1.20 bits per heavy atom. The Hall–Kier alpha value is -2.09. The molecular formula is C21H23Cl2N3O3S. The van der Waals surface area contributed by atoms with E-state index < -0.39 is 12.1 Å². The monoisotopic (exact) mass is 467 g/mol. The van der Waals surface area contributed by atoms with Gasteiger partial charge in [-0.15, -0.1) is 11.3 Å². The fraction of sp³-hybridized carbons (Fsp3) is 0.381. The second-order valence-corrected chi connectivity index (χ2v) is 8.98. The zero-order valence-electron chi connectivity index (χ0n) is 16.5. The molecule has 0 saturated carbocycles. The van der Waals surface area contributed by atoms with Crippen LogP contribution in [-0.4, -0.2) is 35.2 Å². The third kappa shape index (κ3) is 5.74. The summed E-state index contributed by atoms with van der Waals surface area (Å²) in [4.78, 5) is 40.2. The Bertz CT molecular complexity index is 920. The molecule has 2 N–H and O–H groups in total. The first-order valence-corrected chi connectivity index (χ1v) is 11.3. The lowest BCUT2D eigenvalue weighted by molar-refractivity contribution is -0.141. The van der Waals surface area contributed by atoms with Gasteiger partial charge in [0.05, 0.1) is 22.5 Å². The largest absolute Gasteiger partial charge is 0.348 e. The second kappa shape index (κ2) is 10.3. The molecule has 2 unspecified atom stereocenters. The molecule has 0 aliphatic carbocycles. The van der Waals surface area contributed by atoms with Crippen molar-refractivity contribution in [3.05, 3.63) is 50.6 Å². The summed E-state index contributed by atoms with van der Waals surface area (Å²) in [6.45, 7) is 1.94. The summed E-state index contributed by atoms with van der Waals surface area (Å²) in [5.41, 5.74) is 0.530. The first-order valence-electron chi connectivity index (χ1n) is 9.71. The highest BCUT2D eigenvalue weighted by molar-refractivity contribution is 7.10. The summed E-state index contributed by atoms with van der Waals surface area (Å²) in [5, 5.41) is 8.34. The number of thiophene rings is 1. The number of piperidine rings is 1. The number of hydrogen-bond acceptors (Lipinski definition) is 4. The van der Waals surface area contributed by atoms with Crippen LogP contribution in [0.25, 0.3) is 0 Å². The Labute approximate surface area is 189 Å². The van der Waals surface area contributed by atoms with Crippen LogP contribution in [0, 0.1) is 0 Å². The second-order valence-electron chi connectivity index (χ2n) is 7.19. The highest BCUT2D eigenvalue weighted by atomic mass is 35.5. The highest BCUT2D eigenvalue weighted by Gasteiger charge is 2.33. The maximum Gasteiger partial charge on any atom is 0.247 e. The van der Waals surface area contributed by atoms with Gasteiger partial charge in [0.15, 0.2) is 0 Å². The molecule has 1 aliphatic rings. The summed E-state index contributed by atoms with van der Waals surface area (Å²) in [6.07, 6.45) is 2.40. The molecule has 160 valence electrons. The molecule has 1 fully saturated rings. The van der Waals surface area contributed by atoms with Gasteiger partial charge in [0, 0.05) is 24.0 Å². The molecule has 1 aromatic heterocycles. The Morgan fingerprint density at radius 2 is 2.00 bits per heavy atom. The van der Waals surface area contributed by atoms with Crippen LogP contribution in [0.4, 0.5) is 5.69 Å². The van der Waals surface area contributed by atoms with Crippen LogP contribution < -0.4 is 10.6 Å². The molecule has 3 amide bonds. The average Bonchev–Trinajstić information content (AvgIpc) is 3.25. The molecule has 6 nitrogen and oxygen atoms in total. The van der Waals surface area contributed by atoms with E-state index in [1.54, 1.807) is 23.1 Å². The number of anilines is 1. The smallest absolute Gasteiger partial charge is 0.247 e. The predicted molar refractivity (Wildman–Crippen MR) is 120 cm³/mol. The molecule has 9 heteroatoms. The third-order valence-corrected chi connectivity index (χ3v) is 6.68. The first kappa shape index (κ1) is 22.6. The number of carbonyl (C=O) groups is 3. The maximum absolute atomic E-state index is 13.1. The number of rotatable bonds is 6. The van der Waals surface area contributed by atoms with E-state index in [9.17, 15) is 14.4 Å². The van der Waals surface area contributed by atoms with Gasteiger partial charge in [-0.3, -0.25) is 14.4 Å². The van der Waals surface area contributed by atoms with Crippen molar-refractivity contribution in [3.8, 4) is 0 Å². The van der Waals surface area contributed by atoms with Crippen LogP contribution in [-0.2, 0) is 14.4 Å². The van der Waals surface area contributed by atoms with E-state index in [2.05, 4.69) is 10.6 Å². The number of halogens is 2. The van der Waals surface area contributed by atoms with Gasteiger partial charge in [-0.25, -0.2) is 0 Å². The molecule has 0 spiro atoms. The van der Waals surface area contributed by atoms with Gasteiger partial charge in [0.2, 0.25) is 17.7 Å². The summed E-state index contributed by atoms with van der Waals surface area (Å²) < 4.78 is 0. The van der Waals surface area contributed by atoms with Crippen LogP contribution in [0.15, 0.2) is 35.7 Å². The number of benzene rings is 1. The molecule has 0 radical (unpaired) electrons. The van der Waals surface area contributed by atoms with Gasteiger partial charge < -0.3 is 15.5 Å². The van der Waals surface area contributed by atoms with Crippen molar-refractivity contribution in [2.75, 3.05) is 11.9 Å². The minimum atomic E-state index is -0.568. The lowest BCUT2D eigenvalue weighted by Crippen LogP contribution is -2.50. The average molecular weight is 468 g/mol. The lowest BCUT2D eigenvalue weighted by Gasteiger charge is -2.35. The third-order valence-electron chi connectivity index (χ3n) is 4.96. The summed E-state index contributed by atoms with van der Waals surface area (Å²) in [5.74, 6) is -0.612. The number of amides is 3. The molecule has 2 atom stereocenters. The Balaban J connectivity index is 1.71. The van der Waals surface area contributed by atoms with E-state index in [1.807, 2.05) is 17.5 Å². The van der Waals surface area contributed by atoms with Crippen molar-refractivity contribution in [2.45, 2.75) is 44.7 Å². The van der Waals surface area contributed by atoms with Crippen LogP contribution in [0.2, 0.25) is 10.0 Å². The van der Waals surface area contributed by atoms with Crippen molar-refractivity contribution < 1.29 is 14.4 Å². The molecule has 1 aliphatic heterocycles. The molecule has 2 aromatic rings. The van der Waals surface area contributed by atoms with E-state index in [1.165, 1.54) is 18.3 Å². The van der Waals surface area contributed by atoms with Crippen LogP contribution in [0.1, 0.15) is 43.5 Å². The first-order chi connectivity index (χ1) is 14.3. The van der Waals surface area contributed by atoms with E-state index in [-0.39, 0.29) is 24.1 Å². The fourth-order valence-corrected chi connectivity index (χ4v) is 4.63. The van der Waals surface area contributed by atoms with Crippen molar-refractivity contribution in [2.24, 2.45) is 0 Å². The van der Waals surface area contributed by atoms with Gasteiger partial charge in [0.1, 0.15) is 6.04 Å². The SMILES string of the molecule is CC(=O)NC(CC(=O)N1CCCCC1C(=O)Nc1ccc(Cl)c(Cl)c1)c1cccs1. The van der Waals surface area contributed by atoms with Gasteiger partial charge in [-0.05, 0) is 48.9 Å². The van der Waals surface area contributed by atoms with Gasteiger partial charge >= 0.3 is 0 Å². The van der Waals surface area contributed by atoms with Crippen LogP contribution >= 0.6 is 34.5 Å². The number of likely N-dealkylation sites (tertiary alicyclic amines) is 1. The molecule has 2 heterocycles. The lowest BCUT2D eigenvalue weighted by atomic mass is 9.99. The van der Waals surface area contributed by atoms with Crippen LogP contribution in [0.5, 0.6) is 0 Å². The summed E-state index contributed by atoms with van der Waals surface area (Å²) >= 11 is 13.4. The predicted octanol–water partition coefficient (Wildman–Crippen LogP) is 4.64. The number of nitrogens with zero attached hydrogens (tertiary/aromatic N) is 1. The van der Waals surface area contributed by atoms with Crippen LogP contribution in [0.3, 0.4) is 0 Å². The Kier molecular flexibility index (Phi) is 7.75. The molecule has 1 aromatic carbocycles. The standard InChI is InChI=1S/C21H23Cl2N3O3S/c1-13(27)24-17(19-6-4-10-30-19)12-20(28)26-9-3-2-5-18(26)21(29)25-14-7-8-15(22)16(23)11-14/h4,6-8,10-11,17-18H,2-3,5,9,12H2,1H3,(H,24,27)(H,25,29). The topological polar surface area (TPSA) is 78.5 Å². The van der Waals surface area contributed by atoms with E-state index in [0.29, 0.717) is 28.7 Å². The maximum atomic E-state index is 13.1. The quantitative estimate of drug-likeness (QED) is 0.648. The summed E-state index contributed by atoms with van der Waals surface area (Å²) in [6, 6.07) is 7.67. The molecule has 1 saturated heterocycles. The fourth-order valence-electron chi connectivity index (χ4n) is 3.55. The molecule has 3 rings (SSSR count). The Morgan fingerprint density at radius 3 is 2.67 bits per heavy atom. The molecular weight excluding hydrogens is 445 g/mol. The summed E-state index contributed by atoms with van der Waals surface area (Å²) in [7, 11) is 0. The minimum absolute atomic E-state index is 0.108. The minimum Gasteiger partial charge on any atom is -0.348 e. The number of hydrogen-bond donors (Lipinski definition) is 2. The highest BCUT2D eigenvalue weighted by Crippen LogP contribution is 2.28. The number of nitrogens with one attached hydrogen (secondary N) is 2. The zero-order valence-corrected chi connectivity index (χ0v) is 18.8.